The molecule has 76 valence electrons. The van der Waals surface area contributed by atoms with E-state index in [2.05, 4.69) is 18.3 Å². The van der Waals surface area contributed by atoms with E-state index in [-0.39, 0.29) is 5.41 Å². The van der Waals surface area contributed by atoms with Gasteiger partial charge in [0.1, 0.15) is 0 Å². The van der Waals surface area contributed by atoms with E-state index in [0.717, 1.165) is 25.9 Å². The van der Waals surface area contributed by atoms with Crippen LogP contribution in [0.15, 0.2) is 0 Å². The normalized spacial score (nSPS) is 11.2. The molecule has 0 aliphatic heterocycles. The molecule has 0 atom stereocenters. The zero-order valence-electron chi connectivity index (χ0n) is 9.19. The molecule has 13 heavy (non-hydrogen) atoms. The molecule has 0 aromatic carbocycles. The molecule has 0 aliphatic carbocycles. The minimum absolute atomic E-state index is 0.134. The van der Waals surface area contributed by atoms with E-state index in [1.54, 1.807) is 0 Å². The van der Waals surface area contributed by atoms with Crippen molar-refractivity contribution in [1.29, 1.82) is 5.26 Å². The number of rotatable bonds is 7. The minimum Gasteiger partial charge on any atom is -0.317 e. The quantitative estimate of drug-likeness (QED) is 0.614. The van der Waals surface area contributed by atoms with Gasteiger partial charge < -0.3 is 5.32 Å². The topological polar surface area (TPSA) is 35.8 Å². The summed E-state index contributed by atoms with van der Waals surface area (Å²) in [5.41, 5.74) is -0.134. The number of hydrogen-bond acceptors (Lipinski definition) is 2. The molecule has 0 radical (unpaired) electrons. The van der Waals surface area contributed by atoms with Gasteiger partial charge in [0.15, 0.2) is 0 Å². The average molecular weight is 182 g/mol. The third-order valence-corrected chi connectivity index (χ3v) is 2.13. The lowest BCUT2D eigenvalue weighted by molar-refractivity contribution is 0.422. The highest BCUT2D eigenvalue weighted by Gasteiger charge is 2.14. The Morgan fingerprint density at radius 2 is 1.92 bits per heavy atom. The van der Waals surface area contributed by atoms with Crippen molar-refractivity contribution in [3.05, 3.63) is 0 Å². The van der Waals surface area contributed by atoms with E-state index < -0.39 is 0 Å². The maximum absolute atomic E-state index is 8.77. The molecule has 0 fully saturated rings. The first-order valence-corrected chi connectivity index (χ1v) is 5.24. The lowest BCUT2D eigenvalue weighted by Gasteiger charge is -2.14. The van der Waals surface area contributed by atoms with E-state index in [0.29, 0.717) is 0 Å². The monoisotopic (exact) mass is 182 g/mol. The standard InChI is InChI=1S/C11H22N2/c1-4-8-13-9-6-5-7-11(2,3)10-12/h13H,4-9H2,1-3H3. The SMILES string of the molecule is CCCNCCCCC(C)(C)C#N. The lowest BCUT2D eigenvalue weighted by Crippen LogP contribution is -2.16. The number of nitrogens with zero attached hydrogens (tertiary/aromatic N) is 1. The first-order chi connectivity index (χ1) is 6.12. The van der Waals surface area contributed by atoms with E-state index in [1.165, 1.54) is 12.8 Å². The minimum atomic E-state index is -0.134. The molecule has 0 saturated heterocycles. The Balaban J connectivity index is 3.22. The zero-order valence-corrected chi connectivity index (χ0v) is 9.19. The van der Waals surface area contributed by atoms with E-state index in [9.17, 15) is 0 Å². The molecule has 0 amide bonds. The molecule has 1 N–H and O–H groups in total. The Kier molecular flexibility index (Phi) is 6.62. The van der Waals surface area contributed by atoms with Crippen molar-refractivity contribution in [3.63, 3.8) is 0 Å². The van der Waals surface area contributed by atoms with Crippen LogP contribution in [0.2, 0.25) is 0 Å². The summed E-state index contributed by atoms with van der Waals surface area (Å²) in [6, 6.07) is 2.32. The zero-order chi connectivity index (χ0) is 10.2. The summed E-state index contributed by atoms with van der Waals surface area (Å²) in [6.45, 7) is 8.39. The summed E-state index contributed by atoms with van der Waals surface area (Å²) in [6.07, 6.45) is 4.55. The fourth-order valence-electron chi connectivity index (χ4n) is 1.17. The van der Waals surface area contributed by atoms with Crippen LogP contribution in [0, 0.1) is 16.7 Å². The molecule has 0 heterocycles. The molecule has 0 saturated carbocycles. The van der Waals surface area contributed by atoms with Crippen molar-refractivity contribution in [1.82, 2.24) is 5.32 Å². The second-order valence-corrected chi connectivity index (χ2v) is 4.20. The Morgan fingerprint density at radius 1 is 1.23 bits per heavy atom. The molecule has 0 spiro atoms. The van der Waals surface area contributed by atoms with Crippen LogP contribution in [0.3, 0.4) is 0 Å². The number of nitriles is 1. The average Bonchev–Trinajstić information content (AvgIpc) is 2.11. The molecule has 0 aliphatic rings. The molecule has 0 aromatic heterocycles. The van der Waals surface area contributed by atoms with Crippen LogP contribution in [0.4, 0.5) is 0 Å². The van der Waals surface area contributed by atoms with Gasteiger partial charge in [0.2, 0.25) is 0 Å². The van der Waals surface area contributed by atoms with Crippen LogP contribution in [0.5, 0.6) is 0 Å². The number of unbranched alkanes of at least 4 members (excludes halogenated alkanes) is 1. The summed E-state index contributed by atoms with van der Waals surface area (Å²) < 4.78 is 0. The van der Waals surface area contributed by atoms with E-state index >= 15 is 0 Å². The van der Waals surface area contributed by atoms with Crippen LogP contribution < -0.4 is 5.32 Å². The lowest BCUT2D eigenvalue weighted by atomic mass is 9.89. The van der Waals surface area contributed by atoms with Gasteiger partial charge in [0.05, 0.1) is 11.5 Å². The first-order valence-electron chi connectivity index (χ1n) is 5.24. The summed E-state index contributed by atoms with van der Waals surface area (Å²) in [4.78, 5) is 0. The molecular weight excluding hydrogens is 160 g/mol. The predicted octanol–water partition coefficient (Wildman–Crippen LogP) is 2.71. The Labute approximate surface area is 82.3 Å². The molecule has 0 rings (SSSR count). The number of nitrogens with one attached hydrogen (secondary N) is 1. The molecule has 0 bridgehead atoms. The van der Waals surface area contributed by atoms with Crippen LogP contribution in [-0.4, -0.2) is 13.1 Å². The highest BCUT2D eigenvalue weighted by Crippen LogP contribution is 2.21. The van der Waals surface area contributed by atoms with E-state index in [1.807, 2.05) is 13.8 Å². The van der Waals surface area contributed by atoms with Gasteiger partial charge in [-0.3, -0.25) is 0 Å². The van der Waals surface area contributed by atoms with Crippen molar-refractivity contribution in [2.45, 2.75) is 46.5 Å². The summed E-state index contributed by atoms with van der Waals surface area (Å²) in [5.74, 6) is 0. The molecule has 0 aromatic rings. The summed E-state index contributed by atoms with van der Waals surface area (Å²) in [7, 11) is 0. The van der Waals surface area contributed by atoms with Gasteiger partial charge in [-0.1, -0.05) is 13.3 Å². The fourth-order valence-corrected chi connectivity index (χ4v) is 1.17. The second-order valence-electron chi connectivity index (χ2n) is 4.20. The highest BCUT2D eigenvalue weighted by molar-refractivity contribution is 4.91. The predicted molar refractivity (Wildman–Crippen MR) is 56.4 cm³/mol. The Hall–Kier alpha value is -0.550. The van der Waals surface area contributed by atoms with Crippen LogP contribution >= 0.6 is 0 Å². The van der Waals surface area contributed by atoms with Crippen molar-refractivity contribution >= 4 is 0 Å². The van der Waals surface area contributed by atoms with Crippen molar-refractivity contribution < 1.29 is 0 Å². The third-order valence-electron chi connectivity index (χ3n) is 2.13. The summed E-state index contributed by atoms with van der Waals surface area (Å²) >= 11 is 0. The Morgan fingerprint density at radius 3 is 2.46 bits per heavy atom. The maximum Gasteiger partial charge on any atom is 0.0683 e. The third kappa shape index (κ3) is 7.80. The largest absolute Gasteiger partial charge is 0.317 e. The molecular formula is C11H22N2. The van der Waals surface area contributed by atoms with Crippen LogP contribution in [0.25, 0.3) is 0 Å². The fraction of sp³-hybridized carbons (Fsp3) is 0.909. The second kappa shape index (κ2) is 6.91. The Bertz CT molecular complexity index is 156. The van der Waals surface area contributed by atoms with Crippen molar-refractivity contribution in [2.75, 3.05) is 13.1 Å². The highest BCUT2D eigenvalue weighted by atomic mass is 14.8. The molecule has 0 unspecified atom stereocenters. The van der Waals surface area contributed by atoms with Crippen LogP contribution in [-0.2, 0) is 0 Å². The smallest absolute Gasteiger partial charge is 0.0683 e. The van der Waals surface area contributed by atoms with E-state index in [4.69, 9.17) is 5.26 Å². The van der Waals surface area contributed by atoms with Gasteiger partial charge in [-0.05, 0) is 46.2 Å². The van der Waals surface area contributed by atoms with Gasteiger partial charge in [-0.15, -0.1) is 0 Å². The van der Waals surface area contributed by atoms with Gasteiger partial charge in [0.25, 0.3) is 0 Å². The van der Waals surface area contributed by atoms with Gasteiger partial charge >= 0.3 is 0 Å². The molecule has 2 nitrogen and oxygen atoms in total. The number of hydrogen-bond donors (Lipinski definition) is 1. The molecule has 2 heteroatoms. The maximum atomic E-state index is 8.77. The first kappa shape index (κ1) is 12.4. The van der Waals surface area contributed by atoms with Crippen LogP contribution in [0.1, 0.15) is 46.5 Å². The summed E-state index contributed by atoms with van der Waals surface area (Å²) in [5, 5.41) is 12.1. The van der Waals surface area contributed by atoms with Gasteiger partial charge in [0, 0.05) is 0 Å². The van der Waals surface area contributed by atoms with Gasteiger partial charge in [-0.25, -0.2) is 0 Å². The van der Waals surface area contributed by atoms with Crippen molar-refractivity contribution in [2.24, 2.45) is 5.41 Å². The van der Waals surface area contributed by atoms with Crippen molar-refractivity contribution in [3.8, 4) is 6.07 Å². The van der Waals surface area contributed by atoms with Gasteiger partial charge in [-0.2, -0.15) is 5.26 Å².